The fourth-order valence-electron chi connectivity index (χ4n) is 1.30. The minimum Gasteiger partial charge on any atom is -0.507 e. The molecule has 0 unspecified atom stereocenters. The largest absolute Gasteiger partial charge is 0.507 e. The predicted octanol–water partition coefficient (Wildman–Crippen LogP) is 1.97. The number of benzene rings is 1. The molecule has 0 saturated carbocycles. The van der Waals surface area contributed by atoms with Crippen molar-refractivity contribution in [1.29, 1.82) is 0 Å². The number of carboxylic acid groups (broad SMARTS) is 1. The number of aliphatic imine (C=N–C) groups is 1. The Morgan fingerprint density at radius 3 is 2.53 bits per heavy atom. The van der Waals surface area contributed by atoms with Gasteiger partial charge in [-0.3, -0.25) is 4.99 Å². The highest BCUT2D eigenvalue weighted by atomic mass is 32.1. The van der Waals surface area contributed by atoms with E-state index in [0.29, 0.717) is 5.56 Å². The molecule has 0 spiro atoms. The zero-order valence-corrected chi connectivity index (χ0v) is 10.6. The molecule has 1 aromatic carbocycles. The van der Waals surface area contributed by atoms with Crippen molar-refractivity contribution in [1.82, 2.24) is 0 Å². The van der Waals surface area contributed by atoms with E-state index in [0.717, 1.165) is 0 Å². The van der Waals surface area contributed by atoms with Crippen LogP contribution in [0.15, 0.2) is 29.3 Å². The van der Waals surface area contributed by atoms with Crippen LogP contribution in [0.3, 0.4) is 0 Å². The topological polar surface area (TPSA) is 69.9 Å². The Labute approximate surface area is 105 Å². The Hall–Kier alpha value is -1.49. The third kappa shape index (κ3) is 3.78. The van der Waals surface area contributed by atoms with Gasteiger partial charge in [0, 0.05) is 16.5 Å². The summed E-state index contributed by atoms with van der Waals surface area (Å²) in [6.07, 6.45) is 1.35. The first kappa shape index (κ1) is 13.6. The van der Waals surface area contributed by atoms with Crippen molar-refractivity contribution in [2.75, 3.05) is 0 Å². The molecule has 0 aliphatic carbocycles. The second kappa shape index (κ2) is 5.23. The summed E-state index contributed by atoms with van der Waals surface area (Å²) in [5, 5.41) is 18.5. The van der Waals surface area contributed by atoms with Gasteiger partial charge >= 0.3 is 5.97 Å². The van der Waals surface area contributed by atoms with Gasteiger partial charge < -0.3 is 10.2 Å². The standard InChI is InChI=1S/C12H15NO3S/c1-12(2,17)10(11(15)16)13-7-8-5-3-4-6-9(8)14/h3-7,10,14,17H,1-2H3,(H,15,16)/t10-/m1/s1. The number of phenols is 1. The maximum absolute atomic E-state index is 11.0. The third-order valence-electron chi connectivity index (χ3n) is 2.20. The second-order valence-corrected chi connectivity index (χ2v) is 5.38. The molecule has 0 fully saturated rings. The maximum Gasteiger partial charge on any atom is 0.329 e. The quantitative estimate of drug-likeness (QED) is 0.567. The molecule has 17 heavy (non-hydrogen) atoms. The predicted molar refractivity (Wildman–Crippen MR) is 70.2 cm³/mol. The van der Waals surface area contributed by atoms with E-state index in [1.165, 1.54) is 12.3 Å². The molecule has 0 aromatic heterocycles. The summed E-state index contributed by atoms with van der Waals surface area (Å²) >= 11 is 4.20. The minimum atomic E-state index is -1.04. The molecule has 92 valence electrons. The number of carbonyl (C=O) groups is 1. The van der Waals surface area contributed by atoms with Crippen LogP contribution in [0.5, 0.6) is 5.75 Å². The first-order valence-corrected chi connectivity index (χ1v) is 5.53. The number of hydrogen-bond donors (Lipinski definition) is 3. The highest BCUT2D eigenvalue weighted by Gasteiger charge is 2.31. The molecule has 0 heterocycles. The van der Waals surface area contributed by atoms with Crippen molar-refractivity contribution in [3.05, 3.63) is 29.8 Å². The first-order chi connectivity index (χ1) is 7.82. The van der Waals surface area contributed by atoms with E-state index >= 15 is 0 Å². The molecule has 1 rings (SSSR count). The molecule has 1 aromatic rings. The lowest BCUT2D eigenvalue weighted by Crippen LogP contribution is -2.36. The van der Waals surface area contributed by atoms with Crippen molar-refractivity contribution in [3.8, 4) is 5.75 Å². The Morgan fingerprint density at radius 2 is 2.06 bits per heavy atom. The minimum absolute atomic E-state index is 0.0670. The van der Waals surface area contributed by atoms with Gasteiger partial charge in [-0.25, -0.2) is 4.79 Å². The second-order valence-electron chi connectivity index (χ2n) is 4.23. The summed E-state index contributed by atoms with van der Waals surface area (Å²) in [4.78, 5) is 15.0. The summed E-state index contributed by atoms with van der Waals surface area (Å²) in [5.74, 6) is -0.978. The molecule has 1 atom stereocenters. The number of aliphatic carboxylic acids is 1. The average molecular weight is 253 g/mol. The molecule has 0 radical (unpaired) electrons. The molecule has 4 nitrogen and oxygen atoms in total. The number of aromatic hydroxyl groups is 1. The number of carboxylic acids is 1. The number of phenolic OH excluding ortho intramolecular Hbond substituents is 1. The molecule has 0 saturated heterocycles. The monoisotopic (exact) mass is 253 g/mol. The van der Waals surface area contributed by atoms with E-state index in [1.54, 1.807) is 32.0 Å². The molecule has 0 bridgehead atoms. The number of nitrogens with zero attached hydrogens (tertiary/aromatic N) is 1. The number of hydrogen-bond acceptors (Lipinski definition) is 4. The lowest BCUT2D eigenvalue weighted by molar-refractivity contribution is -0.138. The smallest absolute Gasteiger partial charge is 0.329 e. The number of thiol groups is 1. The Morgan fingerprint density at radius 1 is 1.47 bits per heavy atom. The number of para-hydroxylation sites is 1. The van der Waals surface area contributed by atoms with Crippen molar-refractivity contribution < 1.29 is 15.0 Å². The summed E-state index contributed by atoms with van der Waals surface area (Å²) in [6.45, 7) is 3.36. The van der Waals surface area contributed by atoms with Gasteiger partial charge in [0.25, 0.3) is 0 Å². The van der Waals surface area contributed by atoms with Crippen molar-refractivity contribution in [2.45, 2.75) is 24.6 Å². The molecule has 2 N–H and O–H groups in total. The fraction of sp³-hybridized carbons (Fsp3) is 0.333. The fourth-order valence-corrected chi connectivity index (χ4v) is 1.48. The van der Waals surface area contributed by atoms with Gasteiger partial charge in [-0.05, 0) is 26.0 Å². The van der Waals surface area contributed by atoms with Gasteiger partial charge in [0.05, 0.1) is 0 Å². The summed E-state index contributed by atoms with van der Waals surface area (Å²) in [6, 6.07) is 5.63. The van der Waals surface area contributed by atoms with E-state index < -0.39 is 16.8 Å². The first-order valence-electron chi connectivity index (χ1n) is 5.08. The highest BCUT2D eigenvalue weighted by Crippen LogP contribution is 2.21. The van der Waals surface area contributed by atoms with E-state index in [4.69, 9.17) is 5.11 Å². The molecule has 0 aliphatic heterocycles. The van der Waals surface area contributed by atoms with Crippen LogP contribution in [0.25, 0.3) is 0 Å². The van der Waals surface area contributed by atoms with Gasteiger partial charge in [-0.1, -0.05) is 12.1 Å². The van der Waals surface area contributed by atoms with E-state index in [-0.39, 0.29) is 5.75 Å². The molecular formula is C12H15NO3S. The lowest BCUT2D eigenvalue weighted by Gasteiger charge is -2.22. The third-order valence-corrected chi connectivity index (χ3v) is 2.45. The summed E-state index contributed by atoms with van der Waals surface area (Å²) in [5.41, 5.74) is 0.483. The van der Waals surface area contributed by atoms with Gasteiger partial charge in [-0.2, -0.15) is 12.6 Å². The average Bonchev–Trinajstić information content (AvgIpc) is 2.18. The molecule has 5 heteroatoms. The zero-order valence-electron chi connectivity index (χ0n) is 9.66. The molecular weight excluding hydrogens is 238 g/mol. The van der Waals surface area contributed by atoms with Gasteiger partial charge in [0.1, 0.15) is 5.75 Å². The molecule has 0 amide bonds. The van der Waals surface area contributed by atoms with Gasteiger partial charge in [-0.15, -0.1) is 0 Å². The summed E-state index contributed by atoms with van der Waals surface area (Å²) < 4.78 is -0.771. The van der Waals surface area contributed by atoms with Gasteiger partial charge in [0.2, 0.25) is 0 Å². The Kier molecular flexibility index (Phi) is 4.17. The maximum atomic E-state index is 11.0. The van der Waals surface area contributed by atoms with Crippen LogP contribution >= 0.6 is 12.6 Å². The van der Waals surface area contributed by atoms with Crippen LogP contribution in [-0.2, 0) is 4.79 Å². The Bertz CT molecular complexity index is 438. The molecule has 0 aliphatic rings. The van der Waals surface area contributed by atoms with Crippen LogP contribution in [0.2, 0.25) is 0 Å². The van der Waals surface area contributed by atoms with Crippen molar-refractivity contribution in [3.63, 3.8) is 0 Å². The lowest BCUT2D eigenvalue weighted by atomic mass is 10.0. The number of rotatable bonds is 4. The van der Waals surface area contributed by atoms with Crippen LogP contribution in [0, 0.1) is 0 Å². The normalized spacial score (nSPS) is 13.8. The van der Waals surface area contributed by atoms with Crippen LogP contribution < -0.4 is 0 Å². The van der Waals surface area contributed by atoms with Crippen LogP contribution in [-0.4, -0.2) is 33.2 Å². The van der Waals surface area contributed by atoms with E-state index in [2.05, 4.69) is 17.6 Å². The SMILES string of the molecule is CC(C)(S)[C@H](N=Cc1ccccc1O)C(=O)O. The highest BCUT2D eigenvalue weighted by molar-refractivity contribution is 7.81. The van der Waals surface area contributed by atoms with E-state index in [9.17, 15) is 9.90 Å². The van der Waals surface area contributed by atoms with Crippen molar-refractivity contribution in [2.24, 2.45) is 4.99 Å². The Balaban J connectivity index is 2.96. The van der Waals surface area contributed by atoms with Crippen LogP contribution in [0.1, 0.15) is 19.4 Å². The van der Waals surface area contributed by atoms with Gasteiger partial charge in [0.15, 0.2) is 6.04 Å². The zero-order chi connectivity index (χ0) is 13.1. The van der Waals surface area contributed by atoms with Crippen LogP contribution in [0.4, 0.5) is 0 Å². The summed E-state index contributed by atoms with van der Waals surface area (Å²) in [7, 11) is 0. The van der Waals surface area contributed by atoms with Crippen molar-refractivity contribution >= 4 is 24.8 Å². The van der Waals surface area contributed by atoms with E-state index in [1.807, 2.05) is 0 Å².